The first-order valence-electron chi connectivity index (χ1n) is 20.3. The number of esters is 1. The van der Waals surface area contributed by atoms with Gasteiger partial charge in [-0.1, -0.05) is 104 Å². The minimum Gasteiger partial charge on any atom is -0.459 e. The van der Waals surface area contributed by atoms with E-state index in [1.165, 1.54) is 4.90 Å². The number of alkyl carbamates (subject to hydrolysis) is 1. The molecule has 3 fully saturated rings. The monoisotopic (exact) mass is 803 g/mol. The van der Waals surface area contributed by atoms with E-state index in [0.717, 1.165) is 58.3 Å². The highest BCUT2D eigenvalue weighted by Gasteiger charge is 2.43. The van der Waals surface area contributed by atoms with Crippen LogP contribution in [0, 0.1) is 5.92 Å². The smallest absolute Gasteiger partial charge is 0.408 e. The number of imide groups is 1. The summed E-state index contributed by atoms with van der Waals surface area (Å²) in [6, 6.07) is 31.3. The van der Waals surface area contributed by atoms with Crippen LogP contribution in [0.4, 0.5) is 4.79 Å². The molecule has 3 aliphatic heterocycles. The molecule has 0 bridgehead atoms. The molecule has 12 heteroatoms. The molecule has 0 saturated carbocycles. The number of carbonyl (C=O) groups is 4. The third kappa shape index (κ3) is 10.3. The average Bonchev–Trinajstić information content (AvgIpc) is 3.80. The van der Waals surface area contributed by atoms with Gasteiger partial charge in [-0.3, -0.25) is 24.2 Å². The van der Waals surface area contributed by atoms with E-state index in [0.29, 0.717) is 6.54 Å². The Hall–Kier alpha value is -5.40. The lowest BCUT2D eigenvalue weighted by atomic mass is 9.89. The molecular weight excluding hydrogens is 751 g/mol. The van der Waals surface area contributed by atoms with E-state index in [9.17, 15) is 24.3 Å². The number of hydrogen-bond acceptors (Lipinski definition) is 10. The molecule has 3 amide bonds. The van der Waals surface area contributed by atoms with Crippen molar-refractivity contribution in [3.63, 3.8) is 0 Å². The van der Waals surface area contributed by atoms with Gasteiger partial charge in [0.1, 0.15) is 24.3 Å². The van der Waals surface area contributed by atoms with Crippen molar-refractivity contribution in [3.8, 4) is 11.1 Å². The van der Waals surface area contributed by atoms with Crippen LogP contribution in [0.2, 0.25) is 0 Å². The molecule has 12 nitrogen and oxygen atoms in total. The number of benzene rings is 4. The molecule has 0 radical (unpaired) electrons. The van der Waals surface area contributed by atoms with Crippen molar-refractivity contribution in [1.29, 1.82) is 0 Å². The number of hydrogen-bond donors (Lipinski definition) is 2. The second-order valence-electron chi connectivity index (χ2n) is 16.6. The fourth-order valence-electron chi connectivity index (χ4n) is 7.97. The molecule has 1 unspecified atom stereocenters. The fraction of sp³-hybridized carbons (Fsp3) is 0.404. The summed E-state index contributed by atoms with van der Waals surface area (Å²) in [5.74, 6) is -1.11. The molecule has 0 aliphatic carbocycles. The van der Waals surface area contributed by atoms with Crippen molar-refractivity contribution in [2.24, 2.45) is 5.92 Å². The normalized spacial score (nSPS) is 23.6. The van der Waals surface area contributed by atoms with Crippen LogP contribution in [0.3, 0.4) is 0 Å². The van der Waals surface area contributed by atoms with Gasteiger partial charge in [0.2, 0.25) is 5.91 Å². The van der Waals surface area contributed by atoms with Crippen molar-refractivity contribution < 1.29 is 43.2 Å². The molecule has 4 aromatic carbocycles. The number of likely N-dealkylation sites (tertiary alicyclic amines) is 2. The molecule has 0 aromatic heterocycles. The van der Waals surface area contributed by atoms with Crippen molar-refractivity contribution in [2.75, 3.05) is 13.1 Å². The Labute approximate surface area is 345 Å². The Morgan fingerprint density at radius 2 is 1.56 bits per heavy atom. The van der Waals surface area contributed by atoms with Gasteiger partial charge in [0.05, 0.1) is 31.8 Å². The molecular formula is C47H53N3O9. The third-order valence-corrected chi connectivity index (χ3v) is 11.1. The number of carbonyl (C=O) groups excluding carboxylic acids is 4. The van der Waals surface area contributed by atoms with Crippen LogP contribution in [-0.4, -0.2) is 75.7 Å². The number of ether oxygens (including phenoxy) is 4. The Kier molecular flexibility index (Phi) is 12.9. The van der Waals surface area contributed by atoms with Gasteiger partial charge < -0.3 is 29.4 Å². The van der Waals surface area contributed by atoms with Gasteiger partial charge in [0, 0.05) is 18.0 Å². The van der Waals surface area contributed by atoms with E-state index >= 15 is 0 Å². The van der Waals surface area contributed by atoms with Crippen molar-refractivity contribution in [1.82, 2.24) is 15.1 Å². The van der Waals surface area contributed by atoms with Gasteiger partial charge in [-0.25, -0.2) is 4.79 Å². The highest BCUT2D eigenvalue weighted by molar-refractivity contribution is 6.06. The topological polar surface area (TPSA) is 144 Å². The molecule has 4 aromatic rings. The van der Waals surface area contributed by atoms with Crippen LogP contribution in [0.25, 0.3) is 11.1 Å². The molecule has 310 valence electrons. The van der Waals surface area contributed by atoms with Crippen LogP contribution in [0.5, 0.6) is 0 Å². The number of nitrogens with zero attached hydrogens (tertiary/aromatic N) is 2. The van der Waals surface area contributed by atoms with Crippen molar-refractivity contribution in [3.05, 3.63) is 131 Å². The van der Waals surface area contributed by atoms with Gasteiger partial charge in [0.15, 0.2) is 6.29 Å². The number of rotatable bonds is 12. The van der Waals surface area contributed by atoms with E-state index in [-0.39, 0.29) is 62.2 Å². The van der Waals surface area contributed by atoms with Crippen molar-refractivity contribution >= 4 is 23.9 Å². The summed E-state index contributed by atoms with van der Waals surface area (Å²) in [7, 11) is 0. The lowest BCUT2D eigenvalue weighted by molar-refractivity contribution is -0.276. The molecule has 2 N–H and O–H groups in total. The van der Waals surface area contributed by atoms with Crippen LogP contribution >= 0.6 is 0 Å². The van der Waals surface area contributed by atoms with Gasteiger partial charge in [-0.05, 0) is 79.6 Å². The van der Waals surface area contributed by atoms with E-state index in [1.54, 1.807) is 0 Å². The summed E-state index contributed by atoms with van der Waals surface area (Å²) in [6.45, 7) is 9.15. The predicted molar refractivity (Wildman–Crippen MR) is 219 cm³/mol. The average molecular weight is 804 g/mol. The minimum absolute atomic E-state index is 0.0493. The maximum Gasteiger partial charge on any atom is 0.408 e. The van der Waals surface area contributed by atoms with Crippen LogP contribution in [0.15, 0.2) is 103 Å². The molecule has 3 heterocycles. The number of aliphatic hydroxyl groups is 1. The minimum atomic E-state index is -0.991. The summed E-state index contributed by atoms with van der Waals surface area (Å²) < 4.78 is 24.5. The largest absolute Gasteiger partial charge is 0.459 e. The molecule has 3 saturated heterocycles. The zero-order valence-electron chi connectivity index (χ0n) is 34.0. The first-order chi connectivity index (χ1) is 28.3. The van der Waals surface area contributed by atoms with E-state index in [2.05, 4.69) is 17.1 Å². The first kappa shape index (κ1) is 41.7. The molecule has 7 rings (SSSR count). The Morgan fingerprint density at radius 3 is 2.27 bits per heavy atom. The number of amides is 3. The highest BCUT2D eigenvalue weighted by atomic mass is 16.7. The highest BCUT2D eigenvalue weighted by Crippen LogP contribution is 2.43. The van der Waals surface area contributed by atoms with Gasteiger partial charge in [-0.15, -0.1) is 0 Å². The lowest BCUT2D eigenvalue weighted by Gasteiger charge is -2.43. The van der Waals surface area contributed by atoms with Gasteiger partial charge in [-0.2, -0.15) is 0 Å². The van der Waals surface area contributed by atoms with E-state index in [4.69, 9.17) is 18.9 Å². The maximum atomic E-state index is 13.2. The van der Waals surface area contributed by atoms with E-state index < -0.39 is 29.9 Å². The number of aliphatic hydroxyl groups excluding tert-OH is 1. The molecule has 3 aliphatic rings. The standard InChI is InChI=1S/C47H53N3O9/c1-30-40(27-49-23-9-14-39(49)44(54)59-47(2,3)4)57-45(58-42(30)35-17-15-31(28-51)16-18-35)36-21-19-34(20-22-36)37-13-8-12-33(24-37)26-50-41(52)25-38(43(50)53)48-46(55)56-29-32-10-6-5-7-11-32/h5-8,10-13,15-22,24,30,38-40,42,45,51H,9,14,23,25-29H2,1-4H3,(H,48,55)/t30-,38?,39+,40+,42+,45+/m1/s1. The zero-order chi connectivity index (χ0) is 41.7. The maximum absolute atomic E-state index is 13.2. The number of nitrogens with one attached hydrogen (secondary N) is 1. The molecule has 6 atom stereocenters. The summed E-state index contributed by atoms with van der Waals surface area (Å²) in [4.78, 5) is 55.2. The summed E-state index contributed by atoms with van der Waals surface area (Å²) >= 11 is 0. The van der Waals surface area contributed by atoms with Crippen LogP contribution in [-0.2, 0) is 53.1 Å². The van der Waals surface area contributed by atoms with Crippen LogP contribution in [0.1, 0.15) is 87.2 Å². The Morgan fingerprint density at radius 1 is 0.847 bits per heavy atom. The first-order valence-corrected chi connectivity index (χ1v) is 20.3. The van der Waals surface area contributed by atoms with Gasteiger partial charge in [0.25, 0.3) is 5.91 Å². The zero-order valence-corrected chi connectivity index (χ0v) is 34.0. The molecule has 0 spiro atoms. The third-order valence-electron chi connectivity index (χ3n) is 11.1. The molecule has 59 heavy (non-hydrogen) atoms. The second-order valence-corrected chi connectivity index (χ2v) is 16.6. The lowest BCUT2D eigenvalue weighted by Crippen LogP contribution is -2.48. The van der Waals surface area contributed by atoms with Crippen molar-refractivity contribution in [2.45, 2.75) is 103 Å². The Bertz CT molecular complexity index is 2100. The fourth-order valence-corrected chi connectivity index (χ4v) is 7.97. The quantitative estimate of drug-likeness (QED) is 0.114. The summed E-state index contributed by atoms with van der Waals surface area (Å²) in [5.41, 5.74) is 5.44. The second kappa shape index (κ2) is 18.3. The van der Waals surface area contributed by atoms with Crippen LogP contribution < -0.4 is 5.32 Å². The summed E-state index contributed by atoms with van der Waals surface area (Å²) in [6.07, 6.45) is -0.522. The Balaban J connectivity index is 1.03. The SMILES string of the molecule is C[C@@H]1[C@H](CN2CCC[C@H]2C(=O)OC(C)(C)C)O[C@H](c2ccc(-c3cccc(CN4C(=O)CC(NC(=O)OCc5ccccc5)C4=O)c3)cc2)O[C@@H]1c1ccc(CO)cc1. The summed E-state index contributed by atoms with van der Waals surface area (Å²) in [5, 5.41) is 12.2. The van der Waals surface area contributed by atoms with Gasteiger partial charge >= 0.3 is 12.1 Å². The van der Waals surface area contributed by atoms with E-state index in [1.807, 2.05) is 124 Å². The predicted octanol–water partition coefficient (Wildman–Crippen LogP) is 7.00.